The molecule has 1 atom stereocenters. The molecule has 0 aromatic heterocycles. The zero-order chi connectivity index (χ0) is 26.9. The minimum atomic E-state index is -0.869. The molecular weight excluding hydrogens is 468 g/mol. The van der Waals surface area contributed by atoms with Crippen LogP contribution in [0.1, 0.15) is 36.6 Å². The van der Waals surface area contributed by atoms with Crippen LogP contribution < -0.4 is 19.3 Å². The molecule has 0 bridgehead atoms. The van der Waals surface area contributed by atoms with Gasteiger partial charge in [0.1, 0.15) is 17.3 Å². The first kappa shape index (κ1) is 25.8. The quantitative estimate of drug-likeness (QED) is 0.263. The largest absolute Gasteiger partial charge is 0.507 e. The second-order valence-corrected chi connectivity index (χ2v) is 9.52. The molecule has 1 heterocycles. The number of ketones is 1. The molecule has 7 heteroatoms. The van der Waals surface area contributed by atoms with Crippen molar-refractivity contribution < 1.29 is 24.2 Å². The lowest BCUT2D eigenvalue weighted by Crippen LogP contribution is -2.29. The Morgan fingerprint density at radius 3 is 2.32 bits per heavy atom. The van der Waals surface area contributed by atoms with E-state index in [4.69, 9.17) is 9.47 Å². The second-order valence-electron chi connectivity index (χ2n) is 9.52. The SMILES string of the molecule is COc1ccc(C)cc1/C(O)=C1\C(=O)C(=O)N(c2ccc(N(C)C)cc2)C1c1cccc(OC(C)C)c1. The van der Waals surface area contributed by atoms with E-state index < -0.39 is 17.7 Å². The third-order valence-corrected chi connectivity index (χ3v) is 6.24. The van der Waals surface area contributed by atoms with Crippen LogP contribution in [0.15, 0.2) is 72.3 Å². The average molecular weight is 501 g/mol. The number of carbonyl (C=O) groups is 2. The van der Waals surface area contributed by atoms with Gasteiger partial charge in [0.25, 0.3) is 11.7 Å². The van der Waals surface area contributed by atoms with E-state index in [2.05, 4.69) is 0 Å². The minimum absolute atomic E-state index is 0.00715. The predicted octanol–water partition coefficient (Wildman–Crippen LogP) is 5.48. The van der Waals surface area contributed by atoms with Gasteiger partial charge in [-0.25, -0.2) is 0 Å². The van der Waals surface area contributed by atoms with Gasteiger partial charge >= 0.3 is 0 Å². The maximum atomic E-state index is 13.5. The first-order valence-electron chi connectivity index (χ1n) is 12.1. The van der Waals surface area contributed by atoms with Gasteiger partial charge in [0.15, 0.2) is 0 Å². The van der Waals surface area contributed by atoms with Gasteiger partial charge in [0.05, 0.1) is 30.4 Å². The van der Waals surface area contributed by atoms with Crippen molar-refractivity contribution in [3.63, 3.8) is 0 Å². The summed E-state index contributed by atoms with van der Waals surface area (Å²) in [5.41, 5.74) is 3.36. The van der Waals surface area contributed by atoms with E-state index in [1.54, 1.807) is 30.3 Å². The van der Waals surface area contributed by atoms with Crippen LogP contribution in [0.3, 0.4) is 0 Å². The second kappa shape index (κ2) is 10.4. The van der Waals surface area contributed by atoms with Crippen molar-refractivity contribution in [2.75, 3.05) is 31.0 Å². The summed E-state index contributed by atoms with van der Waals surface area (Å²) in [5.74, 6) is -0.759. The average Bonchev–Trinajstić information content (AvgIpc) is 3.13. The molecule has 0 aliphatic carbocycles. The van der Waals surface area contributed by atoms with Crippen molar-refractivity contribution in [1.82, 2.24) is 0 Å². The van der Waals surface area contributed by atoms with Crippen molar-refractivity contribution in [3.05, 3.63) is 89.0 Å². The fourth-order valence-electron chi connectivity index (χ4n) is 4.51. The molecule has 37 heavy (non-hydrogen) atoms. The summed E-state index contributed by atoms with van der Waals surface area (Å²) >= 11 is 0. The van der Waals surface area contributed by atoms with E-state index in [9.17, 15) is 14.7 Å². The Balaban J connectivity index is 1.95. The highest BCUT2D eigenvalue weighted by Crippen LogP contribution is 2.44. The van der Waals surface area contributed by atoms with Gasteiger partial charge in [-0.3, -0.25) is 14.5 Å². The van der Waals surface area contributed by atoms with E-state index in [-0.39, 0.29) is 17.4 Å². The zero-order valence-electron chi connectivity index (χ0n) is 22.0. The Bertz CT molecular complexity index is 1360. The molecule has 1 aliphatic heterocycles. The summed E-state index contributed by atoms with van der Waals surface area (Å²) in [6, 6.07) is 19.1. The molecule has 4 rings (SSSR count). The number of hydrogen-bond acceptors (Lipinski definition) is 6. The van der Waals surface area contributed by atoms with Gasteiger partial charge in [-0.2, -0.15) is 0 Å². The topological polar surface area (TPSA) is 79.3 Å². The van der Waals surface area contributed by atoms with Crippen LogP contribution in [0.2, 0.25) is 0 Å². The first-order valence-corrected chi connectivity index (χ1v) is 12.1. The number of methoxy groups -OCH3 is 1. The molecule has 0 saturated carbocycles. The lowest BCUT2D eigenvalue weighted by atomic mass is 9.94. The molecule has 1 aliphatic rings. The number of aliphatic hydroxyl groups is 1. The van der Waals surface area contributed by atoms with Crippen molar-refractivity contribution in [1.29, 1.82) is 0 Å². The molecule has 3 aromatic rings. The smallest absolute Gasteiger partial charge is 0.300 e. The predicted molar refractivity (Wildman–Crippen MR) is 145 cm³/mol. The number of anilines is 2. The van der Waals surface area contributed by atoms with E-state index in [1.807, 2.05) is 76.2 Å². The summed E-state index contributed by atoms with van der Waals surface area (Å²) in [6.45, 7) is 5.73. The lowest BCUT2D eigenvalue weighted by molar-refractivity contribution is -0.132. The third kappa shape index (κ3) is 5.03. The van der Waals surface area contributed by atoms with Gasteiger partial charge in [0.2, 0.25) is 0 Å². The summed E-state index contributed by atoms with van der Waals surface area (Å²) < 4.78 is 11.4. The highest BCUT2D eigenvalue weighted by molar-refractivity contribution is 6.51. The number of hydrogen-bond donors (Lipinski definition) is 1. The minimum Gasteiger partial charge on any atom is -0.507 e. The highest BCUT2D eigenvalue weighted by atomic mass is 16.5. The summed E-state index contributed by atoms with van der Waals surface area (Å²) in [6.07, 6.45) is -0.0586. The fraction of sp³-hybridized carbons (Fsp3) is 0.267. The number of Topliss-reactive ketones (excluding diaryl/α,β-unsaturated/α-hetero) is 1. The molecule has 0 spiro atoms. The van der Waals surface area contributed by atoms with Crippen LogP contribution in [0.25, 0.3) is 5.76 Å². The molecule has 1 N–H and O–H groups in total. The number of ether oxygens (including phenoxy) is 2. The molecule has 1 fully saturated rings. The molecular formula is C30H32N2O5. The molecule has 3 aromatic carbocycles. The maximum absolute atomic E-state index is 13.5. The zero-order valence-corrected chi connectivity index (χ0v) is 22.0. The summed E-state index contributed by atoms with van der Waals surface area (Å²) in [7, 11) is 5.35. The molecule has 1 saturated heterocycles. The standard InChI is InChI=1S/C30H32N2O5/c1-18(2)37-23-9-7-8-20(17-23)27-26(28(33)24-16-19(3)10-15-25(24)36-6)29(34)30(35)32(27)22-13-11-21(12-14-22)31(4)5/h7-18,27,33H,1-6H3/b28-26+. The van der Waals surface area contributed by atoms with Crippen LogP contribution in [0, 0.1) is 6.92 Å². The van der Waals surface area contributed by atoms with Crippen LogP contribution in [0.4, 0.5) is 11.4 Å². The molecule has 0 radical (unpaired) electrons. The summed E-state index contributed by atoms with van der Waals surface area (Å²) in [4.78, 5) is 30.4. The molecule has 1 amide bonds. The third-order valence-electron chi connectivity index (χ3n) is 6.24. The Hall–Kier alpha value is -4.26. The van der Waals surface area contributed by atoms with Crippen molar-refractivity contribution in [2.24, 2.45) is 0 Å². The van der Waals surface area contributed by atoms with Crippen LogP contribution in [0.5, 0.6) is 11.5 Å². The number of carbonyl (C=O) groups excluding carboxylic acids is 2. The molecule has 192 valence electrons. The van der Waals surface area contributed by atoms with Gasteiger partial charge in [0, 0.05) is 25.5 Å². The van der Waals surface area contributed by atoms with E-state index >= 15 is 0 Å². The number of amides is 1. The Morgan fingerprint density at radius 2 is 1.70 bits per heavy atom. The van der Waals surface area contributed by atoms with E-state index in [1.165, 1.54) is 12.0 Å². The maximum Gasteiger partial charge on any atom is 0.300 e. The van der Waals surface area contributed by atoms with Gasteiger partial charge in [-0.15, -0.1) is 0 Å². The molecule has 7 nitrogen and oxygen atoms in total. The van der Waals surface area contributed by atoms with Crippen LogP contribution in [-0.4, -0.2) is 44.1 Å². The van der Waals surface area contributed by atoms with Crippen LogP contribution in [-0.2, 0) is 9.59 Å². The fourth-order valence-corrected chi connectivity index (χ4v) is 4.51. The molecule has 1 unspecified atom stereocenters. The van der Waals surface area contributed by atoms with Gasteiger partial charge in [-0.05, 0) is 74.9 Å². The Kier molecular flexibility index (Phi) is 7.25. The van der Waals surface area contributed by atoms with Crippen LogP contribution >= 0.6 is 0 Å². The number of benzene rings is 3. The van der Waals surface area contributed by atoms with Crippen molar-refractivity contribution >= 4 is 28.8 Å². The van der Waals surface area contributed by atoms with E-state index in [0.29, 0.717) is 28.3 Å². The number of aliphatic hydroxyl groups excluding tert-OH is 1. The van der Waals surface area contributed by atoms with E-state index in [0.717, 1.165) is 11.3 Å². The normalized spacial score (nSPS) is 16.8. The number of aryl methyl sites for hydroxylation is 1. The monoisotopic (exact) mass is 500 g/mol. The van der Waals surface area contributed by atoms with Gasteiger partial charge < -0.3 is 19.5 Å². The summed E-state index contributed by atoms with van der Waals surface area (Å²) in [5, 5.41) is 11.5. The number of rotatable bonds is 7. The van der Waals surface area contributed by atoms with Crippen molar-refractivity contribution in [2.45, 2.75) is 32.9 Å². The number of nitrogens with zero attached hydrogens (tertiary/aromatic N) is 2. The van der Waals surface area contributed by atoms with Crippen molar-refractivity contribution in [3.8, 4) is 11.5 Å². The van der Waals surface area contributed by atoms with Gasteiger partial charge in [-0.1, -0.05) is 23.8 Å². The highest BCUT2D eigenvalue weighted by Gasteiger charge is 2.47. The Morgan fingerprint density at radius 1 is 1.00 bits per heavy atom. The Labute approximate surface area is 217 Å². The lowest BCUT2D eigenvalue weighted by Gasteiger charge is -2.26. The first-order chi connectivity index (χ1) is 17.6.